The van der Waals surface area contributed by atoms with Crippen molar-refractivity contribution in [1.82, 2.24) is 0 Å². The molecule has 1 heterocycles. The van der Waals surface area contributed by atoms with Gasteiger partial charge in [-0.3, -0.25) is 0 Å². The largest absolute Gasteiger partial charge is 0.454 e. The van der Waals surface area contributed by atoms with Crippen molar-refractivity contribution in [3.05, 3.63) is 23.8 Å². The third-order valence-corrected chi connectivity index (χ3v) is 2.80. The molecule has 1 aromatic rings. The first-order valence-corrected chi connectivity index (χ1v) is 5.86. The van der Waals surface area contributed by atoms with E-state index in [9.17, 15) is 5.11 Å². The second-order valence-corrected chi connectivity index (χ2v) is 4.19. The Morgan fingerprint density at radius 2 is 2.12 bits per heavy atom. The Hall–Kier alpha value is -1.22. The molecule has 1 atom stereocenters. The summed E-state index contributed by atoms with van der Waals surface area (Å²) in [4.78, 5) is 0. The van der Waals surface area contributed by atoms with E-state index < -0.39 is 0 Å². The molecule has 0 radical (unpaired) electrons. The van der Waals surface area contributed by atoms with Crippen LogP contribution in [-0.4, -0.2) is 18.0 Å². The number of aliphatic hydroxyl groups is 1. The molecule has 2 rings (SSSR count). The van der Waals surface area contributed by atoms with Crippen LogP contribution in [0.3, 0.4) is 0 Å². The zero-order chi connectivity index (χ0) is 11.4. The summed E-state index contributed by atoms with van der Waals surface area (Å²) >= 11 is 0. The summed E-state index contributed by atoms with van der Waals surface area (Å²) in [5, 5.41) is 9.81. The van der Waals surface area contributed by atoms with Gasteiger partial charge in [0.25, 0.3) is 0 Å². The molecule has 0 amide bonds. The number of hydrogen-bond acceptors (Lipinski definition) is 3. The van der Waals surface area contributed by atoms with Crippen molar-refractivity contribution in [3.63, 3.8) is 0 Å². The maximum absolute atomic E-state index is 9.81. The van der Waals surface area contributed by atoms with E-state index in [1.54, 1.807) is 0 Å². The van der Waals surface area contributed by atoms with E-state index in [4.69, 9.17) is 9.47 Å². The molecular formula is C13H18O3. The summed E-state index contributed by atoms with van der Waals surface area (Å²) < 4.78 is 10.5. The highest BCUT2D eigenvalue weighted by Gasteiger charge is 2.14. The second-order valence-electron chi connectivity index (χ2n) is 4.19. The van der Waals surface area contributed by atoms with Crippen LogP contribution in [0.25, 0.3) is 0 Å². The van der Waals surface area contributed by atoms with Crippen molar-refractivity contribution in [2.75, 3.05) is 6.79 Å². The monoisotopic (exact) mass is 222 g/mol. The van der Waals surface area contributed by atoms with Crippen molar-refractivity contribution in [2.45, 2.75) is 38.7 Å². The normalized spacial score (nSPS) is 15.1. The number of benzene rings is 1. The summed E-state index contributed by atoms with van der Waals surface area (Å²) in [5.74, 6) is 1.59. The van der Waals surface area contributed by atoms with Crippen molar-refractivity contribution in [3.8, 4) is 11.5 Å². The van der Waals surface area contributed by atoms with E-state index in [0.717, 1.165) is 36.3 Å². The van der Waals surface area contributed by atoms with Crippen LogP contribution in [0.2, 0.25) is 0 Å². The minimum absolute atomic E-state index is 0.250. The highest BCUT2D eigenvalue weighted by atomic mass is 16.7. The summed E-state index contributed by atoms with van der Waals surface area (Å²) in [7, 11) is 0. The molecule has 0 saturated heterocycles. The lowest BCUT2D eigenvalue weighted by molar-refractivity contribution is 0.161. The lowest BCUT2D eigenvalue weighted by Crippen LogP contribution is -2.09. The fourth-order valence-corrected chi connectivity index (χ4v) is 1.88. The van der Waals surface area contributed by atoms with E-state index >= 15 is 0 Å². The lowest BCUT2D eigenvalue weighted by atomic mass is 10.0. The van der Waals surface area contributed by atoms with Gasteiger partial charge >= 0.3 is 0 Å². The number of hydrogen-bond donors (Lipinski definition) is 1. The number of rotatable bonds is 5. The smallest absolute Gasteiger partial charge is 0.231 e. The van der Waals surface area contributed by atoms with Crippen LogP contribution in [0.4, 0.5) is 0 Å². The standard InChI is InChI=1S/C13H18O3/c1-2-3-4-11(14)7-10-5-6-12-13(8-10)16-9-15-12/h5-6,8,11,14H,2-4,7,9H2,1H3. The average Bonchev–Trinajstić information content (AvgIpc) is 2.73. The maximum atomic E-state index is 9.81. The molecule has 1 aliphatic heterocycles. The van der Waals surface area contributed by atoms with E-state index in [-0.39, 0.29) is 6.10 Å². The van der Waals surface area contributed by atoms with Crippen molar-refractivity contribution in [1.29, 1.82) is 0 Å². The summed E-state index contributed by atoms with van der Waals surface area (Å²) in [5.41, 5.74) is 1.10. The third kappa shape index (κ3) is 2.67. The van der Waals surface area contributed by atoms with E-state index in [2.05, 4.69) is 6.92 Å². The SMILES string of the molecule is CCCCC(O)Cc1ccc2c(c1)OCO2. The molecule has 0 bridgehead atoms. The van der Waals surface area contributed by atoms with Crippen LogP contribution < -0.4 is 9.47 Å². The summed E-state index contributed by atoms with van der Waals surface area (Å²) in [6, 6.07) is 5.85. The van der Waals surface area contributed by atoms with Crippen LogP contribution >= 0.6 is 0 Å². The van der Waals surface area contributed by atoms with E-state index in [0.29, 0.717) is 13.2 Å². The number of ether oxygens (including phenoxy) is 2. The fourth-order valence-electron chi connectivity index (χ4n) is 1.88. The molecule has 3 heteroatoms. The molecule has 1 aromatic carbocycles. The Kier molecular flexibility index (Phi) is 3.67. The minimum atomic E-state index is -0.250. The van der Waals surface area contributed by atoms with Crippen LogP contribution in [0.1, 0.15) is 31.7 Å². The van der Waals surface area contributed by atoms with Gasteiger partial charge in [0.05, 0.1) is 6.10 Å². The molecule has 0 saturated carbocycles. The first kappa shape index (κ1) is 11.3. The predicted molar refractivity (Wildman–Crippen MR) is 61.8 cm³/mol. The van der Waals surface area contributed by atoms with Crippen LogP contribution in [-0.2, 0) is 6.42 Å². The quantitative estimate of drug-likeness (QED) is 0.832. The zero-order valence-corrected chi connectivity index (χ0v) is 9.61. The first-order chi connectivity index (χ1) is 7.79. The molecule has 0 aromatic heterocycles. The van der Waals surface area contributed by atoms with Gasteiger partial charge in [-0.05, 0) is 30.5 Å². The van der Waals surface area contributed by atoms with E-state index in [1.165, 1.54) is 0 Å². The Morgan fingerprint density at radius 1 is 1.31 bits per heavy atom. The molecule has 16 heavy (non-hydrogen) atoms. The Bertz CT molecular complexity index is 349. The lowest BCUT2D eigenvalue weighted by Gasteiger charge is -2.10. The highest BCUT2D eigenvalue weighted by molar-refractivity contribution is 5.44. The van der Waals surface area contributed by atoms with Gasteiger partial charge < -0.3 is 14.6 Å². The fraction of sp³-hybridized carbons (Fsp3) is 0.538. The average molecular weight is 222 g/mol. The van der Waals surface area contributed by atoms with Gasteiger partial charge in [-0.2, -0.15) is 0 Å². The zero-order valence-electron chi connectivity index (χ0n) is 9.61. The molecule has 3 nitrogen and oxygen atoms in total. The van der Waals surface area contributed by atoms with Crippen LogP contribution in [0, 0.1) is 0 Å². The molecule has 88 valence electrons. The number of fused-ring (bicyclic) bond motifs is 1. The number of aliphatic hydroxyl groups excluding tert-OH is 1. The summed E-state index contributed by atoms with van der Waals surface area (Å²) in [6.07, 6.45) is 3.51. The highest BCUT2D eigenvalue weighted by Crippen LogP contribution is 2.32. The maximum Gasteiger partial charge on any atom is 0.231 e. The topological polar surface area (TPSA) is 38.7 Å². The van der Waals surface area contributed by atoms with Gasteiger partial charge in [0, 0.05) is 0 Å². The number of unbranched alkanes of at least 4 members (excludes halogenated alkanes) is 1. The Labute approximate surface area is 96.0 Å². The van der Waals surface area contributed by atoms with Gasteiger partial charge in [0.1, 0.15) is 0 Å². The molecule has 0 fully saturated rings. The van der Waals surface area contributed by atoms with Crippen LogP contribution in [0.15, 0.2) is 18.2 Å². The molecule has 1 unspecified atom stereocenters. The molecule has 0 spiro atoms. The van der Waals surface area contributed by atoms with Gasteiger partial charge in [-0.15, -0.1) is 0 Å². The molecule has 0 aliphatic carbocycles. The second kappa shape index (κ2) is 5.21. The molecular weight excluding hydrogens is 204 g/mol. The van der Waals surface area contributed by atoms with Crippen molar-refractivity contribution >= 4 is 0 Å². The third-order valence-electron chi connectivity index (χ3n) is 2.80. The van der Waals surface area contributed by atoms with Gasteiger partial charge in [0.2, 0.25) is 6.79 Å². The van der Waals surface area contributed by atoms with Gasteiger partial charge in [0.15, 0.2) is 11.5 Å². The Balaban J connectivity index is 1.94. The molecule has 1 aliphatic rings. The van der Waals surface area contributed by atoms with Crippen molar-refractivity contribution < 1.29 is 14.6 Å². The Morgan fingerprint density at radius 3 is 2.94 bits per heavy atom. The minimum Gasteiger partial charge on any atom is -0.454 e. The van der Waals surface area contributed by atoms with Gasteiger partial charge in [-0.1, -0.05) is 25.8 Å². The van der Waals surface area contributed by atoms with E-state index in [1.807, 2.05) is 18.2 Å². The first-order valence-electron chi connectivity index (χ1n) is 5.86. The van der Waals surface area contributed by atoms with Crippen LogP contribution in [0.5, 0.6) is 11.5 Å². The van der Waals surface area contributed by atoms with Gasteiger partial charge in [-0.25, -0.2) is 0 Å². The van der Waals surface area contributed by atoms with Crippen molar-refractivity contribution in [2.24, 2.45) is 0 Å². The summed E-state index contributed by atoms with van der Waals surface area (Å²) in [6.45, 7) is 2.43. The predicted octanol–water partition coefficient (Wildman–Crippen LogP) is 2.51. The molecule has 1 N–H and O–H groups in total.